The van der Waals surface area contributed by atoms with Crippen LogP contribution in [0, 0.1) is 5.82 Å². The molecular formula is C27H29FN2O2S. The number of likely N-dealkylation sites (tertiary alicyclic amines) is 1. The number of halogens is 1. The highest BCUT2D eigenvalue weighted by molar-refractivity contribution is 7.09. The number of carbonyl (C=O) groups excluding carboxylic acids is 1. The van der Waals surface area contributed by atoms with Gasteiger partial charge in [0.1, 0.15) is 17.7 Å². The van der Waals surface area contributed by atoms with Crippen LogP contribution in [0.15, 0.2) is 72.1 Å². The fourth-order valence-corrected chi connectivity index (χ4v) is 4.81. The van der Waals surface area contributed by atoms with Crippen LogP contribution in [0.3, 0.4) is 0 Å². The Morgan fingerprint density at radius 3 is 2.70 bits per heavy atom. The Morgan fingerprint density at radius 1 is 1.12 bits per heavy atom. The van der Waals surface area contributed by atoms with Gasteiger partial charge in [0.15, 0.2) is 0 Å². The molecule has 172 valence electrons. The number of amides is 1. The predicted octanol–water partition coefficient (Wildman–Crippen LogP) is 5.60. The van der Waals surface area contributed by atoms with E-state index in [4.69, 9.17) is 4.74 Å². The first-order valence-corrected chi connectivity index (χ1v) is 12.1. The maximum Gasteiger partial charge on any atom is 0.246 e. The maximum absolute atomic E-state index is 13.3. The zero-order valence-electron chi connectivity index (χ0n) is 18.8. The van der Waals surface area contributed by atoms with E-state index < -0.39 is 0 Å². The third kappa shape index (κ3) is 7.01. The molecule has 0 unspecified atom stereocenters. The molecule has 6 heteroatoms. The first-order chi connectivity index (χ1) is 16.0. The SMILES string of the molecule is CN(Cc1cccc(OC2CCN(C(=O)C=Cc3cccc(F)c3)CC2)c1)Cc1cccs1. The Kier molecular flexibility index (Phi) is 7.92. The number of nitrogens with zero attached hydrogens (tertiary/aromatic N) is 2. The second kappa shape index (κ2) is 11.3. The summed E-state index contributed by atoms with van der Waals surface area (Å²) in [4.78, 5) is 18.0. The first kappa shape index (κ1) is 23.2. The second-order valence-electron chi connectivity index (χ2n) is 8.43. The van der Waals surface area contributed by atoms with E-state index in [2.05, 4.69) is 41.6 Å². The van der Waals surface area contributed by atoms with E-state index >= 15 is 0 Å². The van der Waals surface area contributed by atoms with E-state index in [0.717, 1.165) is 31.7 Å². The number of hydrogen-bond acceptors (Lipinski definition) is 4. The van der Waals surface area contributed by atoms with Gasteiger partial charge in [-0.15, -0.1) is 11.3 Å². The normalized spacial score (nSPS) is 14.8. The Bertz CT molecular complexity index is 1080. The minimum atomic E-state index is -0.305. The molecule has 0 atom stereocenters. The molecule has 2 heterocycles. The van der Waals surface area contributed by atoms with E-state index in [1.807, 2.05) is 17.0 Å². The number of benzene rings is 2. The van der Waals surface area contributed by atoms with Crippen LogP contribution in [0.25, 0.3) is 6.08 Å². The quantitative estimate of drug-likeness (QED) is 0.407. The molecule has 1 aliphatic heterocycles. The Morgan fingerprint density at radius 2 is 1.94 bits per heavy atom. The molecule has 1 amide bonds. The van der Waals surface area contributed by atoms with Gasteiger partial charge in [0.05, 0.1) is 0 Å². The molecule has 4 nitrogen and oxygen atoms in total. The highest BCUT2D eigenvalue weighted by Gasteiger charge is 2.23. The average Bonchev–Trinajstić information content (AvgIpc) is 3.31. The van der Waals surface area contributed by atoms with Gasteiger partial charge in [0, 0.05) is 50.0 Å². The lowest BCUT2D eigenvalue weighted by Crippen LogP contribution is -2.41. The van der Waals surface area contributed by atoms with Crippen molar-refractivity contribution in [1.29, 1.82) is 0 Å². The summed E-state index contributed by atoms with van der Waals surface area (Å²) in [5.41, 5.74) is 1.91. The van der Waals surface area contributed by atoms with Crippen molar-refractivity contribution >= 4 is 23.3 Å². The molecular weight excluding hydrogens is 435 g/mol. The van der Waals surface area contributed by atoms with Crippen LogP contribution in [-0.2, 0) is 17.9 Å². The van der Waals surface area contributed by atoms with Gasteiger partial charge in [-0.3, -0.25) is 9.69 Å². The largest absolute Gasteiger partial charge is 0.490 e. The van der Waals surface area contributed by atoms with Crippen LogP contribution in [0.2, 0.25) is 0 Å². The zero-order valence-corrected chi connectivity index (χ0v) is 19.6. The third-order valence-corrected chi connectivity index (χ3v) is 6.54. The van der Waals surface area contributed by atoms with E-state index in [0.29, 0.717) is 18.7 Å². The molecule has 0 spiro atoms. The highest BCUT2D eigenvalue weighted by atomic mass is 32.1. The smallest absolute Gasteiger partial charge is 0.246 e. The van der Waals surface area contributed by atoms with Gasteiger partial charge in [-0.2, -0.15) is 0 Å². The summed E-state index contributed by atoms with van der Waals surface area (Å²) in [6.07, 6.45) is 4.87. The molecule has 0 N–H and O–H groups in total. The molecule has 1 fully saturated rings. The standard InChI is InChI=1S/C27H29FN2O2S/c1-29(20-26-9-4-16-33-26)19-22-6-3-8-25(18-22)32-24-12-14-30(15-13-24)27(31)11-10-21-5-2-7-23(28)17-21/h2-11,16-18,24H,12-15,19-20H2,1H3. The van der Waals surface area contributed by atoms with Crippen LogP contribution >= 0.6 is 11.3 Å². The number of hydrogen-bond donors (Lipinski definition) is 0. The van der Waals surface area contributed by atoms with Crippen molar-refractivity contribution in [2.45, 2.75) is 32.0 Å². The Labute approximate surface area is 198 Å². The van der Waals surface area contributed by atoms with Crippen LogP contribution in [-0.4, -0.2) is 41.9 Å². The van der Waals surface area contributed by atoms with Crippen molar-refractivity contribution in [3.05, 3.63) is 93.9 Å². The monoisotopic (exact) mass is 464 g/mol. The van der Waals surface area contributed by atoms with Gasteiger partial charge in [-0.05, 0) is 60.0 Å². The summed E-state index contributed by atoms with van der Waals surface area (Å²) >= 11 is 1.78. The summed E-state index contributed by atoms with van der Waals surface area (Å²) in [6.45, 7) is 3.10. The minimum Gasteiger partial charge on any atom is -0.490 e. The lowest BCUT2D eigenvalue weighted by Gasteiger charge is -2.31. The van der Waals surface area contributed by atoms with Crippen LogP contribution in [0.4, 0.5) is 4.39 Å². The second-order valence-corrected chi connectivity index (χ2v) is 9.46. The molecule has 3 aromatic rings. The van der Waals surface area contributed by atoms with Crippen molar-refractivity contribution in [3.63, 3.8) is 0 Å². The van der Waals surface area contributed by atoms with E-state index in [1.54, 1.807) is 29.5 Å². The topological polar surface area (TPSA) is 32.8 Å². The van der Waals surface area contributed by atoms with Gasteiger partial charge >= 0.3 is 0 Å². The summed E-state index contributed by atoms with van der Waals surface area (Å²) < 4.78 is 19.5. The summed E-state index contributed by atoms with van der Waals surface area (Å²) in [6, 6.07) is 18.8. The minimum absolute atomic E-state index is 0.0477. The number of carbonyl (C=O) groups is 1. The summed E-state index contributed by atoms with van der Waals surface area (Å²) in [7, 11) is 2.13. The van der Waals surface area contributed by atoms with Crippen LogP contribution in [0.1, 0.15) is 28.8 Å². The van der Waals surface area contributed by atoms with Gasteiger partial charge in [0.25, 0.3) is 0 Å². The maximum atomic E-state index is 13.3. The number of piperidine rings is 1. The fraction of sp³-hybridized carbons (Fsp3) is 0.296. The highest BCUT2D eigenvalue weighted by Crippen LogP contribution is 2.22. The van der Waals surface area contributed by atoms with Gasteiger partial charge in [-0.1, -0.05) is 30.3 Å². The van der Waals surface area contributed by atoms with Crippen molar-refractivity contribution < 1.29 is 13.9 Å². The van der Waals surface area contributed by atoms with Crippen LogP contribution < -0.4 is 4.74 Å². The van der Waals surface area contributed by atoms with Crippen LogP contribution in [0.5, 0.6) is 5.75 Å². The van der Waals surface area contributed by atoms with Gasteiger partial charge in [0.2, 0.25) is 5.91 Å². The number of thiophene rings is 1. The van der Waals surface area contributed by atoms with Crippen molar-refractivity contribution in [2.24, 2.45) is 0 Å². The molecule has 1 saturated heterocycles. The van der Waals surface area contributed by atoms with E-state index in [-0.39, 0.29) is 17.8 Å². The lowest BCUT2D eigenvalue weighted by molar-refractivity contribution is -0.127. The molecule has 2 aromatic carbocycles. The van der Waals surface area contributed by atoms with Crippen molar-refractivity contribution in [1.82, 2.24) is 9.80 Å². The molecule has 0 bridgehead atoms. The molecule has 1 aliphatic rings. The number of ether oxygens (including phenoxy) is 1. The Balaban J connectivity index is 1.25. The lowest BCUT2D eigenvalue weighted by atomic mass is 10.1. The van der Waals surface area contributed by atoms with Crippen molar-refractivity contribution in [2.75, 3.05) is 20.1 Å². The van der Waals surface area contributed by atoms with E-state index in [9.17, 15) is 9.18 Å². The molecule has 0 saturated carbocycles. The van der Waals surface area contributed by atoms with Gasteiger partial charge < -0.3 is 9.64 Å². The van der Waals surface area contributed by atoms with Crippen molar-refractivity contribution in [3.8, 4) is 5.75 Å². The average molecular weight is 465 g/mol. The molecule has 1 aromatic heterocycles. The van der Waals surface area contributed by atoms with E-state index in [1.165, 1.54) is 28.6 Å². The summed E-state index contributed by atoms with van der Waals surface area (Å²) in [5.74, 6) is 0.530. The Hall–Kier alpha value is -2.96. The fourth-order valence-electron chi connectivity index (χ4n) is 4.02. The predicted molar refractivity (Wildman–Crippen MR) is 132 cm³/mol. The molecule has 0 radical (unpaired) electrons. The molecule has 0 aliphatic carbocycles. The number of rotatable bonds is 8. The molecule has 4 rings (SSSR count). The third-order valence-electron chi connectivity index (χ3n) is 5.68. The first-order valence-electron chi connectivity index (χ1n) is 11.2. The molecule has 33 heavy (non-hydrogen) atoms. The zero-order chi connectivity index (χ0) is 23.0. The summed E-state index contributed by atoms with van der Waals surface area (Å²) in [5, 5.41) is 2.11. The van der Waals surface area contributed by atoms with Gasteiger partial charge in [-0.25, -0.2) is 4.39 Å².